The number of carboxylic acid groups (broad SMARTS) is 1. The zero-order valence-electron chi connectivity index (χ0n) is 15.3. The molecule has 3 aromatic rings. The molecule has 3 rings (SSSR count). The highest BCUT2D eigenvalue weighted by Crippen LogP contribution is 2.32. The van der Waals surface area contributed by atoms with Crippen molar-refractivity contribution >= 4 is 11.7 Å². The summed E-state index contributed by atoms with van der Waals surface area (Å²) in [6, 6.07) is 16.3. The lowest BCUT2D eigenvalue weighted by Crippen LogP contribution is -2.18. The van der Waals surface area contributed by atoms with E-state index in [2.05, 4.69) is 4.98 Å². The molecule has 6 nitrogen and oxygen atoms in total. The van der Waals surface area contributed by atoms with E-state index in [0.717, 1.165) is 16.8 Å². The standard InChI is InChI=1S/C21H20N2O4/c1-23(2)15-8-4-14(5-9-15)19-17(12-18(21(25)26)20(24)22-19)13-6-10-16(27-3)11-7-13/h4-12H,1-3H3,(H,22,24)(H,25,26). The van der Waals surface area contributed by atoms with Gasteiger partial charge in [0.15, 0.2) is 0 Å². The predicted molar refractivity (Wildman–Crippen MR) is 106 cm³/mol. The van der Waals surface area contributed by atoms with Crippen molar-refractivity contribution in [2.24, 2.45) is 0 Å². The SMILES string of the molecule is COc1ccc(-c2cc(C(=O)O)c(=O)[nH]c2-c2ccc(N(C)C)cc2)cc1. The van der Waals surface area contributed by atoms with Crippen molar-refractivity contribution in [3.63, 3.8) is 0 Å². The molecule has 0 saturated heterocycles. The highest BCUT2D eigenvalue weighted by Gasteiger charge is 2.16. The Hall–Kier alpha value is -3.54. The number of hydrogen-bond donors (Lipinski definition) is 2. The molecule has 138 valence electrons. The molecule has 0 bridgehead atoms. The van der Waals surface area contributed by atoms with Crippen LogP contribution in [-0.4, -0.2) is 37.3 Å². The highest BCUT2D eigenvalue weighted by molar-refractivity contribution is 5.91. The van der Waals surface area contributed by atoms with Gasteiger partial charge in [0.05, 0.1) is 12.8 Å². The average molecular weight is 364 g/mol. The Morgan fingerprint density at radius 3 is 2.11 bits per heavy atom. The van der Waals surface area contributed by atoms with Crippen LogP contribution in [0.15, 0.2) is 59.4 Å². The normalized spacial score (nSPS) is 10.5. The number of aromatic nitrogens is 1. The summed E-state index contributed by atoms with van der Waals surface area (Å²) >= 11 is 0. The first-order valence-electron chi connectivity index (χ1n) is 8.33. The summed E-state index contributed by atoms with van der Waals surface area (Å²) in [6.45, 7) is 0. The largest absolute Gasteiger partial charge is 0.497 e. The van der Waals surface area contributed by atoms with Crippen LogP contribution in [0.1, 0.15) is 10.4 Å². The molecule has 0 aliphatic rings. The van der Waals surface area contributed by atoms with Crippen molar-refractivity contribution in [2.75, 3.05) is 26.1 Å². The minimum absolute atomic E-state index is 0.297. The zero-order valence-corrected chi connectivity index (χ0v) is 15.3. The third-order valence-electron chi connectivity index (χ3n) is 4.34. The third-order valence-corrected chi connectivity index (χ3v) is 4.34. The number of pyridine rings is 1. The summed E-state index contributed by atoms with van der Waals surface area (Å²) < 4.78 is 5.18. The van der Waals surface area contributed by atoms with Crippen molar-refractivity contribution in [3.8, 4) is 28.1 Å². The number of rotatable bonds is 5. The first-order chi connectivity index (χ1) is 12.9. The Kier molecular flexibility index (Phi) is 4.98. The van der Waals surface area contributed by atoms with Crippen LogP contribution in [0.25, 0.3) is 22.4 Å². The van der Waals surface area contributed by atoms with Crippen LogP contribution in [0.3, 0.4) is 0 Å². The lowest BCUT2D eigenvalue weighted by atomic mass is 9.97. The number of anilines is 1. The Bertz CT molecular complexity index is 1020. The van der Waals surface area contributed by atoms with Gasteiger partial charge in [-0.2, -0.15) is 0 Å². The molecular formula is C21H20N2O4. The Labute approximate surface area is 156 Å². The van der Waals surface area contributed by atoms with Gasteiger partial charge in [-0.25, -0.2) is 4.79 Å². The first-order valence-corrected chi connectivity index (χ1v) is 8.33. The fraction of sp³-hybridized carbons (Fsp3) is 0.143. The van der Waals surface area contributed by atoms with Crippen LogP contribution in [0.4, 0.5) is 5.69 Å². The van der Waals surface area contributed by atoms with Crippen molar-refractivity contribution in [1.82, 2.24) is 4.98 Å². The number of benzene rings is 2. The molecule has 0 atom stereocenters. The molecule has 0 amide bonds. The summed E-state index contributed by atoms with van der Waals surface area (Å²) in [5.41, 5.74) is 2.87. The monoisotopic (exact) mass is 364 g/mol. The maximum atomic E-state index is 12.2. The van der Waals surface area contributed by atoms with E-state index in [1.54, 1.807) is 19.2 Å². The number of methoxy groups -OCH3 is 1. The average Bonchev–Trinajstić information content (AvgIpc) is 2.67. The zero-order chi connectivity index (χ0) is 19.6. The summed E-state index contributed by atoms with van der Waals surface area (Å²) in [5, 5.41) is 9.33. The van der Waals surface area contributed by atoms with Crippen LogP contribution >= 0.6 is 0 Å². The minimum Gasteiger partial charge on any atom is -0.497 e. The summed E-state index contributed by atoms with van der Waals surface area (Å²) in [7, 11) is 5.47. The van der Waals surface area contributed by atoms with Gasteiger partial charge >= 0.3 is 5.97 Å². The van der Waals surface area contributed by atoms with Gasteiger partial charge in [0.1, 0.15) is 11.3 Å². The molecule has 0 fully saturated rings. The number of nitrogens with one attached hydrogen (secondary N) is 1. The molecule has 2 N–H and O–H groups in total. The smallest absolute Gasteiger partial charge is 0.341 e. The molecule has 2 aromatic carbocycles. The second-order valence-corrected chi connectivity index (χ2v) is 6.28. The van der Waals surface area contributed by atoms with Gasteiger partial charge in [-0.3, -0.25) is 4.79 Å². The number of aromatic carboxylic acids is 1. The third kappa shape index (κ3) is 3.69. The molecule has 1 heterocycles. The predicted octanol–water partition coefficient (Wildman–Crippen LogP) is 3.48. The van der Waals surface area contributed by atoms with E-state index in [0.29, 0.717) is 17.0 Å². The highest BCUT2D eigenvalue weighted by atomic mass is 16.5. The number of carbonyl (C=O) groups is 1. The van der Waals surface area contributed by atoms with E-state index < -0.39 is 11.5 Å². The van der Waals surface area contributed by atoms with E-state index in [-0.39, 0.29) is 5.56 Å². The van der Waals surface area contributed by atoms with E-state index in [9.17, 15) is 14.7 Å². The van der Waals surface area contributed by atoms with Gasteiger partial charge in [-0.1, -0.05) is 24.3 Å². The van der Waals surface area contributed by atoms with Crippen molar-refractivity contribution in [2.45, 2.75) is 0 Å². The topological polar surface area (TPSA) is 82.6 Å². The second-order valence-electron chi connectivity index (χ2n) is 6.28. The van der Waals surface area contributed by atoms with Crippen LogP contribution < -0.4 is 15.2 Å². The van der Waals surface area contributed by atoms with Crippen molar-refractivity contribution < 1.29 is 14.6 Å². The Morgan fingerprint density at radius 2 is 1.59 bits per heavy atom. The first kappa shape index (κ1) is 18.3. The number of H-pyrrole nitrogens is 1. The second kappa shape index (κ2) is 7.37. The maximum absolute atomic E-state index is 12.2. The fourth-order valence-electron chi connectivity index (χ4n) is 2.84. The van der Waals surface area contributed by atoms with Crippen LogP contribution in [-0.2, 0) is 0 Å². The maximum Gasteiger partial charge on any atom is 0.341 e. The van der Waals surface area contributed by atoms with Gasteiger partial charge in [-0.15, -0.1) is 0 Å². The summed E-state index contributed by atoms with van der Waals surface area (Å²) in [4.78, 5) is 28.4. The lowest BCUT2D eigenvalue weighted by Gasteiger charge is -2.15. The Morgan fingerprint density at radius 1 is 1.00 bits per heavy atom. The van der Waals surface area contributed by atoms with E-state index in [4.69, 9.17) is 4.74 Å². The van der Waals surface area contributed by atoms with Crippen molar-refractivity contribution in [1.29, 1.82) is 0 Å². The van der Waals surface area contributed by atoms with E-state index >= 15 is 0 Å². The molecule has 0 radical (unpaired) electrons. The molecule has 0 aliphatic carbocycles. The van der Waals surface area contributed by atoms with Gasteiger partial charge < -0.3 is 19.7 Å². The summed E-state index contributed by atoms with van der Waals surface area (Å²) in [6.07, 6.45) is 0. The number of ether oxygens (including phenoxy) is 1. The number of aromatic amines is 1. The molecular weight excluding hydrogens is 344 g/mol. The van der Waals surface area contributed by atoms with Gasteiger partial charge in [-0.05, 0) is 41.5 Å². The van der Waals surface area contributed by atoms with E-state index in [1.165, 1.54) is 6.07 Å². The number of hydrogen-bond acceptors (Lipinski definition) is 4. The molecule has 27 heavy (non-hydrogen) atoms. The molecule has 0 saturated carbocycles. The summed E-state index contributed by atoms with van der Waals surface area (Å²) in [5.74, 6) is -0.570. The number of carboxylic acids is 1. The molecule has 0 unspecified atom stereocenters. The molecule has 6 heteroatoms. The minimum atomic E-state index is -1.26. The van der Waals surface area contributed by atoms with Crippen LogP contribution in [0.5, 0.6) is 5.75 Å². The fourth-order valence-corrected chi connectivity index (χ4v) is 2.84. The van der Waals surface area contributed by atoms with Gasteiger partial charge in [0.2, 0.25) is 0 Å². The molecule has 0 aliphatic heterocycles. The van der Waals surface area contributed by atoms with Crippen LogP contribution in [0.2, 0.25) is 0 Å². The van der Waals surface area contributed by atoms with E-state index in [1.807, 2.05) is 55.4 Å². The lowest BCUT2D eigenvalue weighted by molar-refractivity contribution is 0.0695. The quantitative estimate of drug-likeness (QED) is 0.724. The van der Waals surface area contributed by atoms with Gasteiger partial charge in [0.25, 0.3) is 5.56 Å². The molecule has 1 aromatic heterocycles. The Balaban J connectivity index is 2.20. The number of nitrogens with zero attached hydrogens (tertiary/aromatic N) is 1. The van der Waals surface area contributed by atoms with Crippen molar-refractivity contribution in [3.05, 3.63) is 70.5 Å². The molecule has 0 spiro atoms. The van der Waals surface area contributed by atoms with Gasteiger partial charge in [0, 0.05) is 25.3 Å². The van der Waals surface area contributed by atoms with Crippen LogP contribution in [0, 0.1) is 0 Å².